The van der Waals surface area contributed by atoms with Crippen molar-refractivity contribution in [3.63, 3.8) is 0 Å². The molecule has 0 aromatic carbocycles. The lowest BCUT2D eigenvalue weighted by atomic mass is 10.0. The Bertz CT molecular complexity index is 682. The molecule has 0 rings (SSSR count). The number of nitrogens with two attached hydrogens (primary N) is 1. The number of hydrogen-bond donors (Lipinski definition) is 4. The van der Waals surface area contributed by atoms with Crippen molar-refractivity contribution in [1.29, 1.82) is 0 Å². The molecule has 0 saturated carbocycles. The number of alkyl halides is 1. The Hall–Kier alpha value is -2.05. The molecule has 7 heteroatoms. The minimum atomic E-state index is -0.452. The van der Waals surface area contributed by atoms with Crippen molar-refractivity contribution in [1.82, 2.24) is 10.7 Å². The summed E-state index contributed by atoms with van der Waals surface area (Å²) in [4.78, 5) is 4.01. The molecule has 29 heavy (non-hydrogen) atoms. The van der Waals surface area contributed by atoms with E-state index in [1.165, 1.54) is 0 Å². The van der Waals surface area contributed by atoms with Crippen molar-refractivity contribution < 1.29 is 5.11 Å². The van der Waals surface area contributed by atoms with Gasteiger partial charge >= 0.3 is 0 Å². The number of hydrogen-bond acceptors (Lipinski definition) is 6. The van der Waals surface area contributed by atoms with E-state index in [9.17, 15) is 5.11 Å². The van der Waals surface area contributed by atoms with Crippen molar-refractivity contribution in [3.05, 3.63) is 47.3 Å². The van der Waals surface area contributed by atoms with Crippen LogP contribution in [0.3, 0.4) is 0 Å². The topological polar surface area (TPSA) is 95.0 Å². The standard InChI is InChI=1S/C22H38ClN5O/c1-15(9-10-16(2)22(7,8)23)21(24)11-12-25-13-17(3)27-19(5)20(6)28-26-14-18(4)29/h9-12,17-18,26-27,29H,5,13-14,24H2,1-4,6-8H3/b15-9+,16-10-,21-11?,25-12?,28-20+/t17-,18?/m0/s1. The normalized spacial score (nSPS) is 16.7. The Morgan fingerprint density at radius 2 is 1.83 bits per heavy atom. The number of allylic oxidation sites excluding steroid dienone is 6. The van der Waals surface area contributed by atoms with Crippen LogP contribution >= 0.6 is 11.6 Å². The molecule has 6 nitrogen and oxygen atoms in total. The maximum Gasteiger partial charge on any atom is 0.0796 e. The van der Waals surface area contributed by atoms with Crippen LogP contribution in [0, 0.1) is 0 Å². The SMILES string of the molecule is C=C(N[C@@H](C)CN=CC=C(N)/C(C)=C/C=C(/C)C(C)(C)Cl)/C(C)=N/NCC(C)O. The van der Waals surface area contributed by atoms with Gasteiger partial charge < -0.3 is 21.6 Å². The lowest BCUT2D eigenvalue weighted by Crippen LogP contribution is -2.31. The number of nitrogens with zero attached hydrogens (tertiary/aromatic N) is 2. The van der Waals surface area contributed by atoms with E-state index in [1.807, 2.05) is 53.7 Å². The molecule has 0 heterocycles. The van der Waals surface area contributed by atoms with Crippen molar-refractivity contribution in [2.75, 3.05) is 13.1 Å². The fraction of sp³-hybridized carbons (Fsp3) is 0.545. The molecule has 0 aliphatic carbocycles. The number of aliphatic hydroxyl groups excluding tert-OH is 1. The van der Waals surface area contributed by atoms with Gasteiger partial charge in [0.15, 0.2) is 0 Å². The second-order valence-electron chi connectivity index (χ2n) is 7.74. The molecule has 0 amide bonds. The highest BCUT2D eigenvalue weighted by atomic mass is 35.5. The number of nitrogens with one attached hydrogen (secondary N) is 2. The van der Waals surface area contributed by atoms with Crippen LogP contribution < -0.4 is 16.5 Å². The number of hydrazone groups is 1. The summed E-state index contributed by atoms with van der Waals surface area (Å²) in [6, 6.07) is 0.0865. The highest BCUT2D eigenvalue weighted by molar-refractivity contribution is 6.25. The van der Waals surface area contributed by atoms with E-state index >= 15 is 0 Å². The number of aliphatic imine (C=N–C) groups is 1. The van der Waals surface area contributed by atoms with Gasteiger partial charge in [0, 0.05) is 18.0 Å². The third-order valence-corrected chi connectivity index (χ3v) is 4.50. The Morgan fingerprint density at radius 3 is 2.38 bits per heavy atom. The molecule has 164 valence electrons. The largest absolute Gasteiger partial charge is 0.398 e. The van der Waals surface area contributed by atoms with Gasteiger partial charge in [-0.1, -0.05) is 24.3 Å². The molecule has 0 aromatic rings. The first-order valence-corrected chi connectivity index (χ1v) is 10.1. The first kappa shape index (κ1) is 27.0. The fourth-order valence-corrected chi connectivity index (χ4v) is 1.90. The molecule has 0 radical (unpaired) electrons. The first-order chi connectivity index (χ1) is 13.3. The zero-order chi connectivity index (χ0) is 22.6. The lowest BCUT2D eigenvalue weighted by molar-refractivity contribution is 0.192. The van der Waals surface area contributed by atoms with Gasteiger partial charge in [-0.25, -0.2) is 0 Å². The van der Waals surface area contributed by atoms with Crippen molar-refractivity contribution >= 4 is 23.5 Å². The average molecular weight is 424 g/mol. The van der Waals surface area contributed by atoms with E-state index in [0.29, 0.717) is 24.5 Å². The van der Waals surface area contributed by atoms with Crippen LogP contribution in [0.4, 0.5) is 0 Å². The van der Waals surface area contributed by atoms with Crippen molar-refractivity contribution in [2.45, 2.75) is 65.5 Å². The van der Waals surface area contributed by atoms with Crippen molar-refractivity contribution in [3.8, 4) is 0 Å². The zero-order valence-corrected chi connectivity index (χ0v) is 19.6. The van der Waals surface area contributed by atoms with Crippen LogP contribution in [0.2, 0.25) is 0 Å². The minimum absolute atomic E-state index is 0.0865. The molecular formula is C22H38ClN5O. The maximum atomic E-state index is 9.22. The van der Waals surface area contributed by atoms with Crippen molar-refractivity contribution in [2.24, 2.45) is 15.8 Å². The van der Waals surface area contributed by atoms with E-state index in [0.717, 1.165) is 16.9 Å². The first-order valence-electron chi connectivity index (χ1n) is 9.76. The van der Waals surface area contributed by atoms with Gasteiger partial charge in [-0.2, -0.15) is 5.10 Å². The predicted molar refractivity (Wildman–Crippen MR) is 128 cm³/mol. The highest BCUT2D eigenvalue weighted by Gasteiger charge is 2.14. The minimum Gasteiger partial charge on any atom is -0.398 e. The molecule has 1 unspecified atom stereocenters. The molecule has 0 aliphatic heterocycles. The quantitative estimate of drug-likeness (QED) is 0.167. The molecular weight excluding hydrogens is 386 g/mol. The summed E-state index contributed by atoms with van der Waals surface area (Å²) in [6.07, 6.45) is 6.99. The highest BCUT2D eigenvalue weighted by Crippen LogP contribution is 2.23. The van der Waals surface area contributed by atoms with Crippen LogP contribution in [0.15, 0.2) is 57.4 Å². The molecule has 0 fully saturated rings. The van der Waals surface area contributed by atoms with E-state index in [2.05, 4.69) is 27.4 Å². The van der Waals surface area contributed by atoms with Gasteiger partial charge in [0.2, 0.25) is 0 Å². The smallest absolute Gasteiger partial charge is 0.0796 e. The lowest BCUT2D eigenvalue weighted by Gasteiger charge is -2.16. The van der Waals surface area contributed by atoms with Gasteiger partial charge in [0.25, 0.3) is 0 Å². The summed E-state index contributed by atoms with van der Waals surface area (Å²) >= 11 is 6.27. The number of rotatable bonds is 12. The van der Waals surface area contributed by atoms with E-state index < -0.39 is 6.10 Å². The third kappa shape index (κ3) is 12.9. The van der Waals surface area contributed by atoms with Gasteiger partial charge in [-0.15, -0.1) is 11.6 Å². The Kier molecular flexibility index (Phi) is 12.3. The Labute approximate surface area is 181 Å². The molecule has 0 aromatic heterocycles. The molecule has 0 spiro atoms. The van der Waals surface area contributed by atoms with Gasteiger partial charge in [0.1, 0.15) is 0 Å². The van der Waals surface area contributed by atoms with Crippen LogP contribution in [0.25, 0.3) is 0 Å². The maximum absolute atomic E-state index is 9.22. The molecule has 0 bridgehead atoms. The van der Waals surface area contributed by atoms with Crippen LogP contribution in [-0.2, 0) is 0 Å². The number of aliphatic hydroxyl groups is 1. The molecule has 0 saturated heterocycles. The van der Waals surface area contributed by atoms with E-state index in [1.54, 1.807) is 19.2 Å². The van der Waals surface area contributed by atoms with Crippen LogP contribution in [-0.4, -0.2) is 47.1 Å². The number of halogens is 1. The summed E-state index contributed by atoms with van der Waals surface area (Å²) in [5.74, 6) is 0. The summed E-state index contributed by atoms with van der Waals surface area (Å²) in [7, 11) is 0. The predicted octanol–water partition coefficient (Wildman–Crippen LogP) is 3.65. The Morgan fingerprint density at radius 1 is 1.21 bits per heavy atom. The summed E-state index contributed by atoms with van der Waals surface area (Å²) in [5, 5.41) is 16.6. The van der Waals surface area contributed by atoms with Crippen LogP contribution in [0.5, 0.6) is 0 Å². The fourth-order valence-electron chi connectivity index (χ4n) is 1.84. The second kappa shape index (κ2) is 13.2. The summed E-state index contributed by atoms with van der Waals surface area (Å²) in [6.45, 7) is 18.4. The van der Waals surface area contributed by atoms with Crippen LogP contribution in [0.1, 0.15) is 48.5 Å². The Balaban J connectivity index is 4.61. The molecule has 2 atom stereocenters. The third-order valence-electron chi connectivity index (χ3n) is 4.21. The van der Waals surface area contributed by atoms with Gasteiger partial charge in [-0.3, -0.25) is 4.99 Å². The van der Waals surface area contributed by atoms with E-state index in [-0.39, 0.29) is 10.9 Å². The van der Waals surface area contributed by atoms with Gasteiger partial charge in [0.05, 0.1) is 35.5 Å². The summed E-state index contributed by atoms with van der Waals surface area (Å²) in [5.41, 5.74) is 13.0. The second-order valence-corrected chi connectivity index (χ2v) is 8.69. The molecule has 0 aliphatic rings. The zero-order valence-electron chi connectivity index (χ0n) is 18.9. The van der Waals surface area contributed by atoms with Gasteiger partial charge in [-0.05, 0) is 60.1 Å². The molecule has 5 N–H and O–H groups in total. The van der Waals surface area contributed by atoms with E-state index in [4.69, 9.17) is 17.3 Å². The summed E-state index contributed by atoms with van der Waals surface area (Å²) < 4.78 is 0. The average Bonchev–Trinajstić information content (AvgIpc) is 2.61. The monoisotopic (exact) mass is 423 g/mol.